The molecule has 3 N–H and O–H groups in total. The van der Waals surface area contributed by atoms with Gasteiger partial charge in [-0.25, -0.2) is 0 Å². The molecule has 0 radical (unpaired) electrons. The van der Waals surface area contributed by atoms with Crippen molar-refractivity contribution in [1.82, 2.24) is 10.2 Å². The minimum absolute atomic E-state index is 0.0291. The van der Waals surface area contributed by atoms with Gasteiger partial charge in [0.25, 0.3) is 0 Å². The summed E-state index contributed by atoms with van der Waals surface area (Å²) in [5, 5.41) is 18.3. The summed E-state index contributed by atoms with van der Waals surface area (Å²) >= 11 is 0. The van der Waals surface area contributed by atoms with Crippen LogP contribution in [-0.2, 0) is 9.59 Å². The largest absolute Gasteiger partial charge is 0.481 e. The van der Waals surface area contributed by atoms with Crippen LogP contribution in [0.1, 0.15) is 38.5 Å². The third-order valence-corrected chi connectivity index (χ3v) is 3.54. The van der Waals surface area contributed by atoms with Crippen molar-refractivity contribution in [3.8, 4) is 0 Å². The summed E-state index contributed by atoms with van der Waals surface area (Å²) < 4.78 is 0. The number of anilines is 1. The Morgan fingerprint density at radius 3 is 2.67 bits per heavy atom. The van der Waals surface area contributed by atoms with Gasteiger partial charge in [0.15, 0.2) is 0 Å². The smallest absolute Gasteiger partial charge is 0.310 e. The Balaban J connectivity index is 2.00. The van der Waals surface area contributed by atoms with Gasteiger partial charge in [0.2, 0.25) is 5.91 Å². The molecule has 1 amide bonds. The first-order chi connectivity index (χ1) is 8.62. The fraction of sp³-hybridized carbons (Fsp3) is 0.583. The van der Waals surface area contributed by atoms with E-state index in [0.29, 0.717) is 18.7 Å². The number of aliphatic carboxylic acids is 1. The van der Waals surface area contributed by atoms with Crippen LogP contribution < -0.4 is 5.32 Å². The summed E-state index contributed by atoms with van der Waals surface area (Å²) in [4.78, 5) is 23.3. The van der Waals surface area contributed by atoms with Crippen LogP contribution in [0.15, 0.2) is 12.3 Å². The summed E-state index contributed by atoms with van der Waals surface area (Å²) in [6, 6.07) is 1.63. The number of rotatable bonds is 4. The summed E-state index contributed by atoms with van der Waals surface area (Å²) in [7, 11) is 0. The second kappa shape index (κ2) is 5.20. The van der Waals surface area contributed by atoms with Crippen molar-refractivity contribution < 1.29 is 14.7 Å². The molecule has 1 fully saturated rings. The SMILES string of the molecule is O=C(CC1(C(=O)O)CCCCC1)Nc1ccn[nH]1. The lowest BCUT2D eigenvalue weighted by Gasteiger charge is -2.32. The number of nitrogens with zero attached hydrogens (tertiary/aromatic N) is 1. The van der Waals surface area contributed by atoms with Gasteiger partial charge in [0, 0.05) is 12.5 Å². The molecule has 1 saturated carbocycles. The molecular weight excluding hydrogens is 234 g/mol. The fourth-order valence-corrected chi connectivity index (χ4v) is 2.52. The van der Waals surface area contributed by atoms with E-state index in [1.807, 2.05) is 0 Å². The minimum Gasteiger partial charge on any atom is -0.481 e. The lowest BCUT2D eigenvalue weighted by atomic mass is 9.71. The van der Waals surface area contributed by atoms with E-state index in [-0.39, 0.29) is 12.3 Å². The van der Waals surface area contributed by atoms with Gasteiger partial charge in [-0.15, -0.1) is 0 Å². The van der Waals surface area contributed by atoms with Crippen molar-refractivity contribution in [2.45, 2.75) is 38.5 Å². The van der Waals surface area contributed by atoms with E-state index in [2.05, 4.69) is 15.5 Å². The van der Waals surface area contributed by atoms with Gasteiger partial charge in [-0.3, -0.25) is 14.7 Å². The molecule has 1 aromatic rings. The van der Waals surface area contributed by atoms with Gasteiger partial charge in [-0.05, 0) is 12.8 Å². The van der Waals surface area contributed by atoms with E-state index in [9.17, 15) is 14.7 Å². The first-order valence-corrected chi connectivity index (χ1v) is 6.15. The highest BCUT2D eigenvalue weighted by Crippen LogP contribution is 2.39. The van der Waals surface area contributed by atoms with Gasteiger partial charge in [0.05, 0.1) is 11.6 Å². The molecule has 0 aromatic carbocycles. The zero-order valence-corrected chi connectivity index (χ0v) is 10.1. The van der Waals surface area contributed by atoms with E-state index in [1.165, 1.54) is 6.20 Å². The van der Waals surface area contributed by atoms with Crippen LogP contribution in [0, 0.1) is 5.41 Å². The predicted octanol–water partition coefficient (Wildman–Crippen LogP) is 1.77. The van der Waals surface area contributed by atoms with Gasteiger partial charge in [0.1, 0.15) is 5.82 Å². The number of carbonyl (C=O) groups excluding carboxylic acids is 1. The van der Waals surface area contributed by atoms with Crippen molar-refractivity contribution in [3.05, 3.63) is 12.3 Å². The highest BCUT2D eigenvalue weighted by molar-refractivity contribution is 5.93. The molecule has 6 heteroatoms. The summed E-state index contributed by atoms with van der Waals surface area (Å²) in [6.45, 7) is 0. The average Bonchev–Trinajstić information content (AvgIpc) is 2.82. The van der Waals surface area contributed by atoms with Crippen LogP contribution in [-0.4, -0.2) is 27.2 Å². The lowest BCUT2D eigenvalue weighted by molar-refractivity contribution is -0.153. The predicted molar refractivity (Wildman–Crippen MR) is 65.0 cm³/mol. The Morgan fingerprint density at radius 2 is 2.11 bits per heavy atom. The molecule has 0 unspecified atom stereocenters. The fourth-order valence-electron chi connectivity index (χ4n) is 2.52. The first kappa shape index (κ1) is 12.6. The maximum absolute atomic E-state index is 11.9. The van der Waals surface area contributed by atoms with Crippen LogP contribution in [0.3, 0.4) is 0 Å². The number of carboxylic acids is 1. The molecule has 1 aliphatic rings. The Kier molecular flexibility index (Phi) is 3.64. The molecule has 6 nitrogen and oxygen atoms in total. The number of carbonyl (C=O) groups is 2. The monoisotopic (exact) mass is 251 g/mol. The van der Waals surface area contributed by atoms with Crippen LogP contribution in [0.5, 0.6) is 0 Å². The quantitative estimate of drug-likeness (QED) is 0.760. The van der Waals surface area contributed by atoms with Crippen LogP contribution >= 0.6 is 0 Å². The van der Waals surface area contributed by atoms with Crippen molar-refractivity contribution in [1.29, 1.82) is 0 Å². The number of H-pyrrole nitrogens is 1. The lowest BCUT2D eigenvalue weighted by Crippen LogP contribution is -2.37. The molecule has 0 saturated heterocycles. The van der Waals surface area contributed by atoms with Crippen LogP contribution in [0.4, 0.5) is 5.82 Å². The Bertz CT molecular complexity index is 422. The summed E-state index contributed by atoms with van der Waals surface area (Å²) in [6.07, 6.45) is 5.53. The second-order valence-electron chi connectivity index (χ2n) is 4.84. The molecule has 1 aromatic heterocycles. The average molecular weight is 251 g/mol. The molecule has 98 valence electrons. The normalized spacial score (nSPS) is 18.2. The maximum atomic E-state index is 11.9. The third kappa shape index (κ3) is 2.69. The third-order valence-electron chi connectivity index (χ3n) is 3.54. The molecule has 0 bridgehead atoms. The highest BCUT2D eigenvalue weighted by atomic mass is 16.4. The van der Waals surface area contributed by atoms with Gasteiger partial charge >= 0.3 is 5.97 Å². The van der Waals surface area contributed by atoms with Gasteiger partial charge < -0.3 is 10.4 Å². The molecular formula is C12H17N3O3. The molecule has 0 aliphatic heterocycles. The van der Waals surface area contributed by atoms with E-state index in [4.69, 9.17) is 0 Å². The Morgan fingerprint density at radius 1 is 1.39 bits per heavy atom. The topological polar surface area (TPSA) is 95.1 Å². The molecule has 1 aliphatic carbocycles. The zero-order valence-electron chi connectivity index (χ0n) is 10.1. The number of hydrogen-bond acceptors (Lipinski definition) is 3. The van der Waals surface area contributed by atoms with E-state index < -0.39 is 11.4 Å². The molecule has 1 heterocycles. The van der Waals surface area contributed by atoms with E-state index in [0.717, 1.165) is 19.3 Å². The zero-order chi connectivity index (χ0) is 13.0. The standard InChI is InChI=1S/C12H17N3O3/c16-10(14-9-4-7-13-15-9)8-12(11(17)18)5-2-1-3-6-12/h4,7H,1-3,5-6,8H2,(H,17,18)(H2,13,14,15,16). The number of aromatic amines is 1. The number of aromatic nitrogens is 2. The number of nitrogens with one attached hydrogen (secondary N) is 2. The first-order valence-electron chi connectivity index (χ1n) is 6.15. The molecule has 2 rings (SSSR count). The van der Waals surface area contributed by atoms with E-state index >= 15 is 0 Å². The number of carboxylic acid groups (broad SMARTS) is 1. The summed E-state index contributed by atoms with van der Waals surface area (Å²) in [5.74, 6) is -0.637. The van der Waals surface area contributed by atoms with E-state index in [1.54, 1.807) is 6.07 Å². The van der Waals surface area contributed by atoms with Crippen LogP contribution in [0.25, 0.3) is 0 Å². The van der Waals surface area contributed by atoms with Crippen molar-refractivity contribution >= 4 is 17.7 Å². The molecule has 0 atom stereocenters. The Hall–Kier alpha value is -1.85. The maximum Gasteiger partial charge on any atom is 0.310 e. The minimum atomic E-state index is -0.887. The van der Waals surface area contributed by atoms with Gasteiger partial charge in [-0.2, -0.15) is 5.10 Å². The summed E-state index contributed by atoms with van der Waals surface area (Å²) in [5.41, 5.74) is -0.887. The van der Waals surface area contributed by atoms with Crippen molar-refractivity contribution in [2.75, 3.05) is 5.32 Å². The number of hydrogen-bond donors (Lipinski definition) is 3. The number of amides is 1. The van der Waals surface area contributed by atoms with Crippen molar-refractivity contribution in [2.24, 2.45) is 5.41 Å². The second-order valence-corrected chi connectivity index (χ2v) is 4.84. The van der Waals surface area contributed by atoms with Gasteiger partial charge in [-0.1, -0.05) is 19.3 Å². The molecule has 0 spiro atoms. The molecule has 18 heavy (non-hydrogen) atoms. The van der Waals surface area contributed by atoms with Crippen LogP contribution in [0.2, 0.25) is 0 Å². The highest BCUT2D eigenvalue weighted by Gasteiger charge is 2.41. The van der Waals surface area contributed by atoms with Crippen molar-refractivity contribution in [3.63, 3.8) is 0 Å². The Labute approximate surface area is 105 Å².